The largest absolute Gasteiger partial charge is 0.326 e. The fourth-order valence-electron chi connectivity index (χ4n) is 2.38. The van der Waals surface area contributed by atoms with Crippen molar-refractivity contribution >= 4 is 10.0 Å². The van der Waals surface area contributed by atoms with Crippen LogP contribution in [0.25, 0.3) is 0 Å². The molecular formula is C13H21N3O2S. The van der Waals surface area contributed by atoms with E-state index >= 15 is 0 Å². The van der Waals surface area contributed by atoms with Gasteiger partial charge in [-0.05, 0) is 44.1 Å². The Balaban J connectivity index is 2.24. The van der Waals surface area contributed by atoms with Gasteiger partial charge in [0.2, 0.25) is 10.0 Å². The van der Waals surface area contributed by atoms with Gasteiger partial charge in [0.25, 0.3) is 0 Å². The first-order chi connectivity index (χ1) is 8.92. The maximum Gasteiger partial charge on any atom is 0.241 e. The lowest BCUT2D eigenvalue weighted by atomic mass is 10.1. The molecule has 0 aromatic heterocycles. The summed E-state index contributed by atoms with van der Waals surface area (Å²) in [5, 5.41) is 0. The highest BCUT2D eigenvalue weighted by molar-refractivity contribution is 7.89. The van der Waals surface area contributed by atoms with Crippen molar-refractivity contribution in [2.45, 2.75) is 30.8 Å². The highest BCUT2D eigenvalue weighted by Gasteiger charge is 2.26. The number of sulfonamides is 1. The smallest absolute Gasteiger partial charge is 0.241 e. The molecule has 0 aliphatic carbocycles. The summed E-state index contributed by atoms with van der Waals surface area (Å²) in [6.07, 6.45) is 0.853. The van der Waals surface area contributed by atoms with Gasteiger partial charge in [-0.2, -0.15) is 0 Å². The molecule has 1 aliphatic rings. The predicted molar refractivity (Wildman–Crippen MR) is 75.3 cm³/mol. The molecule has 1 aliphatic heterocycles. The summed E-state index contributed by atoms with van der Waals surface area (Å²) in [6.45, 7) is 3.83. The summed E-state index contributed by atoms with van der Waals surface area (Å²) in [5.74, 6) is 0. The molecular weight excluding hydrogens is 262 g/mol. The number of likely N-dealkylation sites (tertiary alicyclic amines) is 1. The summed E-state index contributed by atoms with van der Waals surface area (Å²) < 4.78 is 27.6. The molecule has 19 heavy (non-hydrogen) atoms. The molecule has 1 heterocycles. The topological polar surface area (TPSA) is 75.4 Å². The van der Waals surface area contributed by atoms with Crippen molar-refractivity contribution in [1.29, 1.82) is 0 Å². The number of aryl methyl sites for hydroxylation is 1. The van der Waals surface area contributed by atoms with Crippen molar-refractivity contribution in [2.24, 2.45) is 5.73 Å². The number of hydrogen-bond acceptors (Lipinski definition) is 4. The summed E-state index contributed by atoms with van der Waals surface area (Å²) in [7, 11) is -1.47. The quantitative estimate of drug-likeness (QED) is 0.840. The molecule has 2 rings (SSSR count). The Morgan fingerprint density at radius 1 is 1.47 bits per heavy atom. The first-order valence-corrected chi connectivity index (χ1v) is 7.91. The van der Waals surface area contributed by atoms with Crippen molar-refractivity contribution in [1.82, 2.24) is 9.62 Å². The van der Waals surface area contributed by atoms with Crippen LogP contribution in [0.3, 0.4) is 0 Å². The van der Waals surface area contributed by atoms with Crippen molar-refractivity contribution < 1.29 is 8.42 Å². The van der Waals surface area contributed by atoms with Crippen molar-refractivity contribution in [3.8, 4) is 0 Å². The van der Waals surface area contributed by atoms with Gasteiger partial charge in [0, 0.05) is 19.1 Å². The second kappa shape index (κ2) is 5.58. The molecule has 6 heteroatoms. The molecule has 1 aromatic rings. The third-order valence-electron chi connectivity index (χ3n) is 3.49. The Labute approximate surface area is 114 Å². The van der Waals surface area contributed by atoms with Crippen LogP contribution < -0.4 is 10.5 Å². The summed E-state index contributed by atoms with van der Waals surface area (Å²) in [4.78, 5) is 2.46. The Morgan fingerprint density at radius 3 is 2.79 bits per heavy atom. The molecule has 3 N–H and O–H groups in total. The molecule has 5 nitrogen and oxygen atoms in total. The molecule has 0 amide bonds. The van der Waals surface area contributed by atoms with E-state index in [9.17, 15) is 8.42 Å². The van der Waals surface area contributed by atoms with Crippen LogP contribution in [0.4, 0.5) is 0 Å². The maximum absolute atomic E-state index is 12.4. The van der Waals surface area contributed by atoms with Gasteiger partial charge < -0.3 is 10.6 Å². The van der Waals surface area contributed by atoms with Gasteiger partial charge in [0.15, 0.2) is 0 Å². The molecule has 1 fully saturated rings. The predicted octanol–water partition coefficient (Wildman–Crippen LogP) is 0.436. The Bertz CT molecular complexity index is 557. The van der Waals surface area contributed by atoms with E-state index in [1.54, 1.807) is 19.1 Å². The monoisotopic (exact) mass is 283 g/mol. The molecule has 106 valence electrons. The fourth-order valence-corrected chi connectivity index (χ4v) is 3.93. The van der Waals surface area contributed by atoms with Crippen LogP contribution in [0.1, 0.15) is 17.5 Å². The van der Waals surface area contributed by atoms with Crippen molar-refractivity contribution in [3.05, 3.63) is 29.3 Å². The van der Waals surface area contributed by atoms with E-state index in [4.69, 9.17) is 5.73 Å². The van der Waals surface area contributed by atoms with Gasteiger partial charge in [-0.1, -0.05) is 12.1 Å². The van der Waals surface area contributed by atoms with Crippen LogP contribution in [0.2, 0.25) is 0 Å². The van der Waals surface area contributed by atoms with E-state index in [1.807, 2.05) is 13.1 Å². The third kappa shape index (κ3) is 3.33. The standard InChI is InChI=1S/C13H21N3O2S/c1-10-3-4-11(8-14)7-13(10)19(17,18)15-12-5-6-16(2)9-12/h3-4,7,12,15H,5-6,8-9,14H2,1-2H3. The Morgan fingerprint density at radius 2 is 2.21 bits per heavy atom. The molecule has 1 unspecified atom stereocenters. The minimum atomic E-state index is -3.46. The number of nitrogens with one attached hydrogen (secondary N) is 1. The maximum atomic E-state index is 12.4. The molecule has 0 spiro atoms. The lowest BCUT2D eigenvalue weighted by Gasteiger charge is -2.15. The zero-order valence-corrected chi connectivity index (χ0v) is 12.2. The lowest BCUT2D eigenvalue weighted by Crippen LogP contribution is -2.36. The first kappa shape index (κ1) is 14.5. The van der Waals surface area contributed by atoms with E-state index in [0.29, 0.717) is 11.4 Å². The van der Waals surface area contributed by atoms with E-state index in [2.05, 4.69) is 9.62 Å². The normalized spacial score (nSPS) is 20.9. The van der Waals surface area contributed by atoms with Gasteiger partial charge in [-0.3, -0.25) is 0 Å². The van der Waals surface area contributed by atoms with Gasteiger partial charge in [-0.15, -0.1) is 0 Å². The number of nitrogens with two attached hydrogens (primary N) is 1. The molecule has 1 aromatic carbocycles. The van der Waals surface area contributed by atoms with Crippen LogP contribution in [0, 0.1) is 6.92 Å². The van der Waals surface area contributed by atoms with E-state index in [0.717, 1.165) is 30.6 Å². The van der Waals surface area contributed by atoms with E-state index < -0.39 is 10.0 Å². The van der Waals surface area contributed by atoms with Crippen LogP contribution in [0.15, 0.2) is 23.1 Å². The summed E-state index contributed by atoms with van der Waals surface area (Å²) >= 11 is 0. The average molecular weight is 283 g/mol. The summed E-state index contributed by atoms with van der Waals surface area (Å²) in [6, 6.07) is 5.32. The molecule has 0 bridgehead atoms. The minimum Gasteiger partial charge on any atom is -0.326 e. The molecule has 0 saturated carbocycles. The van der Waals surface area contributed by atoms with Gasteiger partial charge >= 0.3 is 0 Å². The van der Waals surface area contributed by atoms with Crippen LogP contribution >= 0.6 is 0 Å². The molecule has 0 radical (unpaired) electrons. The van der Waals surface area contributed by atoms with Crippen LogP contribution in [-0.4, -0.2) is 39.5 Å². The number of nitrogens with zero attached hydrogens (tertiary/aromatic N) is 1. The van der Waals surface area contributed by atoms with E-state index in [-0.39, 0.29) is 6.04 Å². The highest BCUT2D eigenvalue weighted by Crippen LogP contribution is 2.18. The number of hydrogen-bond donors (Lipinski definition) is 2. The Kier molecular flexibility index (Phi) is 4.25. The number of benzene rings is 1. The summed E-state index contributed by atoms with van der Waals surface area (Å²) in [5.41, 5.74) is 7.15. The van der Waals surface area contributed by atoms with E-state index in [1.165, 1.54) is 0 Å². The van der Waals surface area contributed by atoms with Crippen molar-refractivity contribution in [3.63, 3.8) is 0 Å². The number of rotatable bonds is 4. The SMILES string of the molecule is Cc1ccc(CN)cc1S(=O)(=O)NC1CCN(C)C1. The molecule has 1 atom stereocenters. The van der Waals surface area contributed by atoms with Crippen LogP contribution in [0.5, 0.6) is 0 Å². The zero-order valence-electron chi connectivity index (χ0n) is 11.4. The van der Waals surface area contributed by atoms with Crippen LogP contribution in [-0.2, 0) is 16.6 Å². The fraction of sp³-hybridized carbons (Fsp3) is 0.538. The van der Waals surface area contributed by atoms with Crippen molar-refractivity contribution in [2.75, 3.05) is 20.1 Å². The molecule has 1 saturated heterocycles. The second-order valence-corrected chi connectivity index (χ2v) is 6.86. The Hall–Kier alpha value is -0.950. The zero-order chi connectivity index (χ0) is 14.0. The van der Waals surface area contributed by atoms with Gasteiger partial charge in [0.05, 0.1) is 4.90 Å². The number of likely N-dealkylation sites (N-methyl/N-ethyl adjacent to an activating group) is 1. The minimum absolute atomic E-state index is 0.00377. The van der Waals surface area contributed by atoms with Gasteiger partial charge in [-0.25, -0.2) is 13.1 Å². The third-order valence-corrected chi connectivity index (χ3v) is 5.15. The lowest BCUT2D eigenvalue weighted by molar-refractivity contribution is 0.407. The second-order valence-electron chi connectivity index (χ2n) is 5.17. The highest BCUT2D eigenvalue weighted by atomic mass is 32.2. The van der Waals surface area contributed by atoms with Gasteiger partial charge in [0.1, 0.15) is 0 Å². The first-order valence-electron chi connectivity index (χ1n) is 6.43. The average Bonchev–Trinajstić information content (AvgIpc) is 2.74.